The number of carbonyl (C=O) groups is 2. The molecule has 3 aromatic rings. The minimum absolute atomic E-state index is 0.0922. The molecular weight excluding hydrogens is 402 g/mol. The lowest BCUT2D eigenvalue weighted by molar-refractivity contribution is 0.0378. The Bertz CT molecular complexity index is 1170. The van der Waals surface area contributed by atoms with Gasteiger partial charge in [0.15, 0.2) is 5.76 Å². The van der Waals surface area contributed by atoms with E-state index in [1.165, 1.54) is 17.4 Å². The van der Waals surface area contributed by atoms with Gasteiger partial charge in [0, 0.05) is 4.88 Å². The zero-order valence-corrected chi connectivity index (χ0v) is 17.8. The van der Waals surface area contributed by atoms with Crippen LogP contribution in [0.15, 0.2) is 39.5 Å². The second-order valence-electron chi connectivity index (χ2n) is 7.66. The van der Waals surface area contributed by atoms with Crippen LogP contribution in [-0.2, 0) is 17.6 Å². The number of anilines is 1. The van der Waals surface area contributed by atoms with Crippen LogP contribution < -0.4 is 10.9 Å². The summed E-state index contributed by atoms with van der Waals surface area (Å²) in [5, 5.41) is 4.29. The van der Waals surface area contributed by atoms with Crippen molar-refractivity contribution in [3.63, 3.8) is 0 Å². The Balaban J connectivity index is 1.71. The van der Waals surface area contributed by atoms with Gasteiger partial charge in [0.25, 0.3) is 5.91 Å². The Morgan fingerprint density at radius 3 is 2.70 bits per heavy atom. The molecule has 0 bridgehead atoms. The van der Waals surface area contributed by atoms with E-state index in [-0.39, 0.29) is 11.9 Å². The lowest BCUT2D eigenvalue weighted by Gasteiger charge is -2.11. The van der Waals surface area contributed by atoms with E-state index in [2.05, 4.69) is 5.32 Å². The van der Waals surface area contributed by atoms with Gasteiger partial charge in [-0.3, -0.25) is 4.79 Å². The van der Waals surface area contributed by atoms with Crippen LogP contribution in [0.3, 0.4) is 0 Å². The molecule has 2 aromatic heterocycles. The van der Waals surface area contributed by atoms with Gasteiger partial charge in [0.2, 0.25) is 0 Å². The molecule has 1 aliphatic rings. The van der Waals surface area contributed by atoms with E-state index in [1.807, 2.05) is 0 Å². The molecular formula is C23H23NO5S. The van der Waals surface area contributed by atoms with Gasteiger partial charge in [-0.25, -0.2) is 9.59 Å². The summed E-state index contributed by atoms with van der Waals surface area (Å²) in [6.07, 6.45) is 4.57. The molecule has 0 unspecified atom stereocenters. The molecule has 1 aliphatic carbocycles. The first-order valence-electron chi connectivity index (χ1n) is 10.1. The van der Waals surface area contributed by atoms with Crippen LogP contribution in [0.4, 0.5) is 5.00 Å². The van der Waals surface area contributed by atoms with E-state index in [4.69, 9.17) is 9.15 Å². The van der Waals surface area contributed by atoms with E-state index < -0.39 is 17.5 Å². The maximum Gasteiger partial charge on any atom is 0.344 e. The van der Waals surface area contributed by atoms with Crippen LogP contribution in [0.1, 0.15) is 64.5 Å². The van der Waals surface area contributed by atoms with Gasteiger partial charge in [-0.15, -0.1) is 11.3 Å². The number of rotatable bonds is 4. The summed E-state index contributed by atoms with van der Waals surface area (Å²) in [5.41, 5.74) is 0.833. The van der Waals surface area contributed by atoms with Gasteiger partial charge >= 0.3 is 11.6 Å². The van der Waals surface area contributed by atoms with E-state index in [0.717, 1.165) is 42.5 Å². The van der Waals surface area contributed by atoms with E-state index >= 15 is 0 Å². The van der Waals surface area contributed by atoms with Gasteiger partial charge in [-0.1, -0.05) is 24.6 Å². The highest BCUT2D eigenvalue weighted by Gasteiger charge is 2.28. The number of hydrogen-bond acceptors (Lipinski definition) is 6. The first kappa shape index (κ1) is 20.3. The highest BCUT2D eigenvalue weighted by atomic mass is 32.1. The highest BCUT2D eigenvalue weighted by Crippen LogP contribution is 2.38. The summed E-state index contributed by atoms with van der Waals surface area (Å²) in [6, 6.07) is 8.47. The molecule has 156 valence electrons. The minimum Gasteiger partial charge on any atom is -0.459 e. The molecule has 7 heteroatoms. The number of esters is 1. The largest absolute Gasteiger partial charge is 0.459 e. The number of aryl methyl sites for hydroxylation is 1. The number of fused-ring (bicyclic) bond motifs is 2. The quantitative estimate of drug-likeness (QED) is 0.473. The van der Waals surface area contributed by atoms with Crippen molar-refractivity contribution in [3.8, 4) is 0 Å². The summed E-state index contributed by atoms with van der Waals surface area (Å²) in [5.74, 6) is -1.09. The Hall–Kier alpha value is -2.93. The fourth-order valence-corrected chi connectivity index (χ4v) is 5.00. The third-order valence-corrected chi connectivity index (χ3v) is 6.30. The predicted octanol–water partition coefficient (Wildman–Crippen LogP) is 4.94. The zero-order chi connectivity index (χ0) is 21.3. The Morgan fingerprint density at radius 1 is 1.13 bits per heavy atom. The third-order valence-electron chi connectivity index (χ3n) is 5.09. The van der Waals surface area contributed by atoms with Crippen molar-refractivity contribution in [2.45, 2.75) is 52.1 Å². The molecule has 0 radical (unpaired) electrons. The molecule has 0 aliphatic heterocycles. The summed E-state index contributed by atoms with van der Waals surface area (Å²) >= 11 is 1.41. The SMILES string of the molecule is CC(C)OC(=O)c1c(NC(=O)c2cc3ccccc3c(=O)o2)sc2c1CCCCC2. The normalized spacial score (nSPS) is 13.7. The van der Waals surface area contributed by atoms with E-state index in [9.17, 15) is 14.4 Å². The van der Waals surface area contributed by atoms with Crippen molar-refractivity contribution in [1.29, 1.82) is 0 Å². The Morgan fingerprint density at radius 2 is 1.90 bits per heavy atom. The van der Waals surface area contributed by atoms with Crippen molar-refractivity contribution in [2.24, 2.45) is 0 Å². The number of amides is 1. The first-order chi connectivity index (χ1) is 14.4. The van der Waals surface area contributed by atoms with E-state index in [0.29, 0.717) is 21.3 Å². The maximum absolute atomic E-state index is 12.9. The summed E-state index contributed by atoms with van der Waals surface area (Å²) in [4.78, 5) is 39.1. The second kappa shape index (κ2) is 8.44. The van der Waals surface area contributed by atoms with Gasteiger partial charge in [-0.2, -0.15) is 0 Å². The molecule has 0 saturated carbocycles. The Kier molecular flexibility index (Phi) is 5.72. The van der Waals surface area contributed by atoms with Crippen molar-refractivity contribution in [1.82, 2.24) is 0 Å². The average Bonchev–Trinajstić information content (AvgIpc) is 2.88. The molecule has 0 saturated heterocycles. The van der Waals surface area contributed by atoms with Gasteiger partial charge in [-0.05, 0) is 62.6 Å². The fraction of sp³-hybridized carbons (Fsp3) is 0.348. The zero-order valence-electron chi connectivity index (χ0n) is 16.9. The fourth-order valence-electron chi connectivity index (χ4n) is 3.73. The first-order valence-corrected chi connectivity index (χ1v) is 11.0. The highest BCUT2D eigenvalue weighted by molar-refractivity contribution is 7.17. The number of benzene rings is 1. The standard InChI is InChI=1S/C23H23NO5S/c1-13(2)28-23(27)19-16-10-4-3-5-11-18(16)30-21(19)24-20(25)17-12-14-8-6-7-9-15(14)22(26)29-17/h6-9,12-13H,3-5,10-11H2,1-2H3,(H,24,25). The van der Waals surface area contributed by atoms with Crippen molar-refractivity contribution in [2.75, 3.05) is 5.32 Å². The van der Waals surface area contributed by atoms with Gasteiger partial charge < -0.3 is 14.5 Å². The summed E-state index contributed by atoms with van der Waals surface area (Å²) in [7, 11) is 0. The van der Waals surface area contributed by atoms with Crippen LogP contribution >= 0.6 is 11.3 Å². The molecule has 0 atom stereocenters. The molecule has 30 heavy (non-hydrogen) atoms. The molecule has 0 spiro atoms. The van der Waals surface area contributed by atoms with Crippen molar-refractivity contribution < 1.29 is 18.7 Å². The lowest BCUT2D eigenvalue weighted by Crippen LogP contribution is -2.18. The molecule has 1 aromatic carbocycles. The van der Waals surface area contributed by atoms with Crippen molar-refractivity contribution in [3.05, 3.63) is 62.5 Å². The number of thiophene rings is 1. The van der Waals surface area contributed by atoms with Crippen LogP contribution in [0.5, 0.6) is 0 Å². The molecule has 1 amide bonds. The van der Waals surface area contributed by atoms with Crippen LogP contribution in [0.2, 0.25) is 0 Å². The molecule has 6 nitrogen and oxygen atoms in total. The Labute approximate surface area is 177 Å². The summed E-state index contributed by atoms with van der Waals surface area (Å²) < 4.78 is 10.7. The third kappa shape index (κ3) is 4.03. The smallest absolute Gasteiger partial charge is 0.344 e. The molecule has 0 fully saturated rings. The number of ether oxygens (including phenoxy) is 1. The predicted molar refractivity (Wildman–Crippen MR) is 117 cm³/mol. The second-order valence-corrected chi connectivity index (χ2v) is 8.77. The van der Waals surface area contributed by atoms with Gasteiger partial charge in [0.05, 0.1) is 17.1 Å². The van der Waals surface area contributed by atoms with Crippen LogP contribution in [-0.4, -0.2) is 18.0 Å². The monoisotopic (exact) mass is 425 g/mol. The number of hydrogen-bond donors (Lipinski definition) is 1. The van der Waals surface area contributed by atoms with Crippen molar-refractivity contribution >= 4 is 39.0 Å². The number of nitrogens with one attached hydrogen (secondary N) is 1. The van der Waals surface area contributed by atoms with Gasteiger partial charge in [0.1, 0.15) is 5.00 Å². The summed E-state index contributed by atoms with van der Waals surface area (Å²) in [6.45, 7) is 3.59. The van der Waals surface area contributed by atoms with Crippen LogP contribution in [0, 0.1) is 0 Å². The lowest BCUT2D eigenvalue weighted by atomic mass is 10.1. The van der Waals surface area contributed by atoms with Crippen LogP contribution in [0.25, 0.3) is 10.8 Å². The molecule has 2 heterocycles. The maximum atomic E-state index is 12.9. The molecule has 1 N–H and O–H groups in total. The topological polar surface area (TPSA) is 85.6 Å². The van der Waals surface area contributed by atoms with E-state index in [1.54, 1.807) is 38.1 Å². The average molecular weight is 426 g/mol. The minimum atomic E-state index is -0.570. The number of carbonyl (C=O) groups excluding carboxylic acids is 2. The molecule has 4 rings (SSSR count).